The first-order valence-corrected chi connectivity index (χ1v) is 16.6. The molecule has 3 aromatic rings. The van der Waals surface area contributed by atoms with E-state index in [9.17, 15) is 37.1 Å². The molecule has 7 rings (SSSR count). The number of carbonyl (C=O) groups is 4. The number of allylic oxidation sites excluding steroid dienone is 2. The van der Waals surface area contributed by atoms with Crippen LogP contribution in [0.4, 0.5) is 23.2 Å². The average molecular weight is 726 g/mol. The minimum Gasteiger partial charge on any atom is -0.508 e. The molecule has 6 atom stereocenters. The molecule has 2 aliphatic heterocycles. The SMILES string of the molecule is CC(C)(C)N1C(=O)[C@H]2[C@H](CC=C3[C@H]2C[C@H]2C(=O)N(Nc4ccc(F)cc4)C(=O)[C@@]2(c2ccc(Cl)cc2)[C@H]3c2cc(OC(F)(F)F)ccc2O)C1=O. The Kier molecular flexibility index (Phi) is 8.01. The van der Waals surface area contributed by atoms with Gasteiger partial charge in [0.05, 0.1) is 28.9 Å². The maximum atomic E-state index is 15.1. The van der Waals surface area contributed by atoms with Crippen molar-refractivity contribution in [2.24, 2.45) is 23.7 Å². The largest absolute Gasteiger partial charge is 0.573 e. The van der Waals surface area contributed by atoms with Crippen LogP contribution < -0.4 is 10.2 Å². The number of phenolic OH excluding ortho intramolecular Hbond substituents is 1. The summed E-state index contributed by atoms with van der Waals surface area (Å²) in [5.74, 6) is -9.22. The van der Waals surface area contributed by atoms with E-state index in [0.717, 1.165) is 35.3 Å². The fourth-order valence-electron chi connectivity index (χ4n) is 8.62. The summed E-state index contributed by atoms with van der Waals surface area (Å²) in [4.78, 5) is 58.9. The van der Waals surface area contributed by atoms with E-state index < -0.39 is 81.9 Å². The van der Waals surface area contributed by atoms with E-state index in [0.29, 0.717) is 10.6 Å². The minimum atomic E-state index is -5.10. The van der Waals surface area contributed by atoms with Gasteiger partial charge in [-0.2, -0.15) is 5.01 Å². The highest BCUT2D eigenvalue weighted by Crippen LogP contribution is 2.65. The number of amides is 4. The number of hydrogen-bond acceptors (Lipinski definition) is 7. The van der Waals surface area contributed by atoms with Crippen LogP contribution >= 0.6 is 11.6 Å². The van der Waals surface area contributed by atoms with E-state index in [1.54, 1.807) is 39.0 Å². The van der Waals surface area contributed by atoms with Gasteiger partial charge in [0, 0.05) is 22.0 Å². The minimum absolute atomic E-state index is 0.0741. The Labute approximate surface area is 294 Å². The van der Waals surface area contributed by atoms with E-state index >= 15 is 4.79 Å². The second kappa shape index (κ2) is 11.8. The third kappa shape index (κ3) is 5.44. The molecular formula is C37H32ClF4N3O6. The number of fused-ring (bicyclic) bond motifs is 4. The third-order valence-corrected chi connectivity index (χ3v) is 10.7. The zero-order valence-corrected chi connectivity index (χ0v) is 28.3. The van der Waals surface area contributed by atoms with Crippen molar-refractivity contribution in [2.45, 2.75) is 56.8 Å². The summed E-state index contributed by atoms with van der Waals surface area (Å²) >= 11 is 6.26. The van der Waals surface area contributed by atoms with Gasteiger partial charge in [0.25, 0.3) is 11.8 Å². The van der Waals surface area contributed by atoms with Gasteiger partial charge >= 0.3 is 6.36 Å². The molecule has 0 unspecified atom stereocenters. The van der Waals surface area contributed by atoms with Gasteiger partial charge in [0.2, 0.25) is 11.8 Å². The number of nitrogens with zero attached hydrogens (tertiary/aromatic N) is 2. The van der Waals surface area contributed by atoms with Gasteiger partial charge in [-0.05, 0) is 99.7 Å². The number of rotatable bonds is 5. The van der Waals surface area contributed by atoms with E-state index in [2.05, 4.69) is 10.2 Å². The summed E-state index contributed by atoms with van der Waals surface area (Å²) in [5, 5.41) is 12.5. The molecule has 0 aromatic heterocycles. The number of likely N-dealkylation sites (tertiary alicyclic amines) is 1. The van der Waals surface area contributed by atoms with Crippen molar-refractivity contribution < 1.29 is 46.6 Å². The zero-order chi connectivity index (χ0) is 36.8. The molecule has 4 amide bonds. The van der Waals surface area contributed by atoms with Crippen LogP contribution in [0.2, 0.25) is 5.02 Å². The number of ether oxygens (including phenoxy) is 1. The Morgan fingerprint density at radius 3 is 2.20 bits per heavy atom. The standard InChI is InChI=1S/C37H32ClF4N3O6/c1-35(2,3)44-31(47)24-14-13-23-25(29(24)33(44)49)17-27-32(48)45(43-21-10-8-20(39)9-11-21)34(50)36(27,18-4-6-19(38)7-5-18)30(23)26-16-22(12-15-28(26)46)51-37(40,41)42/h4-13,15-16,24-25,27,29-30,43,46H,14,17H2,1-3H3/t24-,25+,27-,29-,30+,36+/m0/s1. The maximum Gasteiger partial charge on any atom is 0.573 e. The first-order valence-electron chi connectivity index (χ1n) is 16.3. The molecule has 4 aliphatic rings. The number of carbonyl (C=O) groups excluding carboxylic acids is 4. The molecule has 3 fully saturated rings. The number of anilines is 1. The van der Waals surface area contributed by atoms with Gasteiger partial charge in [-0.25, -0.2) is 4.39 Å². The van der Waals surface area contributed by atoms with Gasteiger partial charge in [0.1, 0.15) is 17.3 Å². The second-order valence-corrected chi connectivity index (χ2v) is 14.8. The summed E-state index contributed by atoms with van der Waals surface area (Å²) in [7, 11) is 0. The molecule has 1 saturated carbocycles. The van der Waals surface area contributed by atoms with Crippen molar-refractivity contribution >= 4 is 40.9 Å². The first-order chi connectivity index (χ1) is 23.9. The van der Waals surface area contributed by atoms with Gasteiger partial charge in [0.15, 0.2) is 0 Å². The summed E-state index contributed by atoms with van der Waals surface area (Å²) < 4.78 is 58.6. The van der Waals surface area contributed by atoms with Crippen LogP contribution in [0.3, 0.4) is 0 Å². The number of phenols is 1. The average Bonchev–Trinajstić information content (AvgIpc) is 3.44. The molecule has 14 heteroatoms. The molecule has 0 radical (unpaired) electrons. The second-order valence-electron chi connectivity index (χ2n) is 14.3. The van der Waals surface area contributed by atoms with Crippen molar-refractivity contribution in [2.75, 3.05) is 5.43 Å². The number of nitrogens with one attached hydrogen (secondary N) is 1. The predicted octanol–water partition coefficient (Wildman–Crippen LogP) is 6.87. The highest BCUT2D eigenvalue weighted by atomic mass is 35.5. The summed E-state index contributed by atoms with van der Waals surface area (Å²) in [5.41, 5.74) is 0.740. The number of aromatic hydroxyl groups is 1. The van der Waals surface area contributed by atoms with E-state index in [1.807, 2.05) is 0 Å². The molecule has 2 heterocycles. The molecule has 266 valence electrons. The van der Waals surface area contributed by atoms with Crippen molar-refractivity contribution in [3.8, 4) is 11.5 Å². The zero-order valence-electron chi connectivity index (χ0n) is 27.5. The van der Waals surface area contributed by atoms with Crippen LogP contribution in [0.5, 0.6) is 11.5 Å². The van der Waals surface area contributed by atoms with Crippen molar-refractivity contribution in [3.05, 3.63) is 100 Å². The Hall–Kier alpha value is -4.91. The smallest absolute Gasteiger partial charge is 0.508 e. The number of hydrogen-bond donors (Lipinski definition) is 2. The van der Waals surface area contributed by atoms with Gasteiger partial charge < -0.3 is 9.84 Å². The Balaban J connectivity index is 1.48. The number of hydrazine groups is 1. The third-order valence-electron chi connectivity index (χ3n) is 10.5. The molecule has 51 heavy (non-hydrogen) atoms. The van der Waals surface area contributed by atoms with Gasteiger partial charge in [-0.1, -0.05) is 35.4 Å². The normalized spacial score (nSPS) is 27.6. The van der Waals surface area contributed by atoms with Crippen LogP contribution in [0, 0.1) is 29.5 Å². The lowest BCUT2D eigenvalue weighted by Crippen LogP contribution is -2.53. The Bertz CT molecular complexity index is 1990. The number of alkyl halides is 3. The Morgan fingerprint density at radius 2 is 1.57 bits per heavy atom. The maximum absolute atomic E-state index is 15.1. The molecular weight excluding hydrogens is 694 g/mol. The molecule has 2 saturated heterocycles. The van der Waals surface area contributed by atoms with Gasteiger partial charge in [-0.3, -0.25) is 29.5 Å². The monoisotopic (exact) mass is 725 g/mol. The van der Waals surface area contributed by atoms with E-state index in [1.165, 1.54) is 29.2 Å². The highest BCUT2D eigenvalue weighted by molar-refractivity contribution is 6.30. The molecule has 0 bridgehead atoms. The molecule has 3 aromatic carbocycles. The molecule has 2 aliphatic carbocycles. The molecule has 9 nitrogen and oxygen atoms in total. The fraction of sp³-hybridized carbons (Fsp3) is 0.351. The van der Waals surface area contributed by atoms with Crippen LogP contribution in [0.15, 0.2) is 78.4 Å². The lowest BCUT2D eigenvalue weighted by atomic mass is 9.49. The van der Waals surface area contributed by atoms with Crippen molar-refractivity contribution in [1.29, 1.82) is 0 Å². The topological polar surface area (TPSA) is 116 Å². The van der Waals surface area contributed by atoms with Gasteiger partial charge in [-0.15, -0.1) is 13.2 Å². The fourth-order valence-corrected chi connectivity index (χ4v) is 8.75. The van der Waals surface area contributed by atoms with Crippen LogP contribution in [-0.4, -0.2) is 50.5 Å². The molecule has 2 N–H and O–H groups in total. The van der Waals surface area contributed by atoms with E-state index in [-0.39, 0.29) is 35.6 Å². The van der Waals surface area contributed by atoms with Crippen LogP contribution in [-0.2, 0) is 24.6 Å². The predicted molar refractivity (Wildman–Crippen MR) is 175 cm³/mol. The van der Waals surface area contributed by atoms with Crippen molar-refractivity contribution in [1.82, 2.24) is 9.91 Å². The lowest BCUT2D eigenvalue weighted by molar-refractivity contribution is -0.274. The number of benzene rings is 3. The van der Waals surface area contributed by atoms with Crippen LogP contribution in [0.1, 0.15) is 50.7 Å². The number of imide groups is 2. The quantitative estimate of drug-likeness (QED) is 0.168. The first kappa shape index (κ1) is 34.5. The van der Waals surface area contributed by atoms with E-state index in [4.69, 9.17) is 11.6 Å². The highest BCUT2D eigenvalue weighted by Gasteiger charge is 2.71. The van der Waals surface area contributed by atoms with Crippen LogP contribution in [0.25, 0.3) is 0 Å². The molecule has 0 spiro atoms. The Morgan fingerprint density at radius 1 is 0.902 bits per heavy atom. The summed E-state index contributed by atoms with van der Waals surface area (Å²) in [6.07, 6.45) is -3.40. The summed E-state index contributed by atoms with van der Waals surface area (Å²) in [6.45, 7) is 5.18. The van der Waals surface area contributed by atoms with Crippen molar-refractivity contribution in [3.63, 3.8) is 0 Å². The number of halogens is 5. The lowest BCUT2D eigenvalue weighted by Gasteiger charge is -2.50. The summed E-state index contributed by atoms with van der Waals surface area (Å²) in [6, 6.07) is 13.9.